The largest absolute Gasteiger partial charge is 0.370 e. The molecule has 0 saturated heterocycles. The van der Waals surface area contributed by atoms with E-state index in [4.69, 9.17) is 0 Å². The van der Waals surface area contributed by atoms with Crippen molar-refractivity contribution in [2.24, 2.45) is 5.73 Å². The van der Waals surface area contributed by atoms with E-state index in [1.807, 2.05) is 0 Å². The molecule has 2 N–H and O–H groups in total. The summed E-state index contributed by atoms with van der Waals surface area (Å²) in [6, 6.07) is 0. The van der Waals surface area contributed by atoms with Crippen molar-refractivity contribution < 1.29 is 21.3 Å². The van der Waals surface area contributed by atoms with Crippen LogP contribution in [0.3, 0.4) is 0 Å². The van der Waals surface area contributed by atoms with Gasteiger partial charge in [0.25, 0.3) is 0 Å². The van der Waals surface area contributed by atoms with Crippen LogP contribution in [-0.4, -0.2) is 5.91 Å². The van der Waals surface area contributed by atoms with E-state index in [1.165, 1.54) is 6.92 Å². The number of hydrogen-bond acceptors (Lipinski definition) is 1. The van der Waals surface area contributed by atoms with E-state index in [2.05, 4.69) is 5.73 Å². The van der Waals surface area contributed by atoms with Gasteiger partial charge >= 0.3 is 0 Å². The Morgan fingerprint density at radius 3 is 1.80 bits per heavy atom. The minimum absolute atomic E-state index is 0. The Labute approximate surface area is 40.7 Å². The third-order valence-electron chi connectivity index (χ3n) is 0. The number of rotatable bonds is 0. The van der Waals surface area contributed by atoms with Gasteiger partial charge in [-0.05, 0) is 0 Å². The molecule has 0 bridgehead atoms. The van der Waals surface area contributed by atoms with Crippen molar-refractivity contribution in [3.63, 3.8) is 0 Å². The first-order valence-electron chi connectivity index (χ1n) is 0.993. The zero-order valence-corrected chi connectivity index (χ0v) is 3.79. The minimum Gasteiger partial charge on any atom is -0.370 e. The van der Waals surface area contributed by atoms with E-state index in [9.17, 15) is 4.79 Å². The van der Waals surface area contributed by atoms with Gasteiger partial charge in [-0.15, -0.1) is 0 Å². The van der Waals surface area contributed by atoms with E-state index in [-0.39, 0.29) is 22.4 Å². The van der Waals surface area contributed by atoms with Gasteiger partial charge in [0.05, 0.1) is 0 Å². The molecular formula is C2H5NNiO. The summed E-state index contributed by atoms with van der Waals surface area (Å²) in [6.45, 7) is 1.31. The summed E-state index contributed by atoms with van der Waals surface area (Å²) in [7, 11) is 0. The smallest absolute Gasteiger partial charge is 0.214 e. The number of hydrogen-bond donors (Lipinski definition) is 1. The van der Waals surface area contributed by atoms with E-state index < -0.39 is 0 Å². The number of carbonyl (C=O) groups excluding carboxylic acids is 1. The molecule has 0 aliphatic carbocycles. The Hall–Kier alpha value is -0.0365. The molecule has 0 rings (SSSR count). The van der Waals surface area contributed by atoms with Crippen LogP contribution in [0.5, 0.6) is 0 Å². The molecule has 2 nitrogen and oxygen atoms in total. The molecule has 0 heterocycles. The van der Waals surface area contributed by atoms with Gasteiger partial charge in [-0.3, -0.25) is 4.79 Å². The fourth-order valence-electron chi connectivity index (χ4n) is 0. The molecule has 0 aromatic heterocycles. The predicted molar refractivity (Wildman–Crippen MR) is 14.9 cm³/mol. The number of amides is 1. The fraction of sp³-hybridized carbons (Fsp3) is 0.500. The normalized spacial score (nSPS) is 5.00. The van der Waals surface area contributed by atoms with Gasteiger partial charge < -0.3 is 5.73 Å². The quantitative estimate of drug-likeness (QED) is 0.427. The molecule has 0 atom stereocenters. The van der Waals surface area contributed by atoms with Crippen molar-refractivity contribution in [1.29, 1.82) is 0 Å². The van der Waals surface area contributed by atoms with Crippen LogP contribution in [0.4, 0.5) is 0 Å². The van der Waals surface area contributed by atoms with Gasteiger partial charge in [0.2, 0.25) is 5.91 Å². The molecule has 1 amide bonds. The molecule has 0 fully saturated rings. The van der Waals surface area contributed by atoms with Crippen molar-refractivity contribution in [2.45, 2.75) is 6.92 Å². The molecule has 0 radical (unpaired) electrons. The molecule has 5 heavy (non-hydrogen) atoms. The first-order valence-corrected chi connectivity index (χ1v) is 0.993. The second-order valence-electron chi connectivity index (χ2n) is 0.611. The van der Waals surface area contributed by atoms with Crippen LogP contribution in [0.2, 0.25) is 0 Å². The average Bonchev–Trinajstić information content (AvgIpc) is 0.811. The van der Waals surface area contributed by atoms with Crippen LogP contribution in [0, 0.1) is 0 Å². The summed E-state index contributed by atoms with van der Waals surface area (Å²) in [5, 5.41) is 0. The van der Waals surface area contributed by atoms with Crippen LogP contribution in [0.15, 0.2) is 0 Å². The zero-order chi connectivity index (χ0) is 3.58. The van der Waals surface area contributed by atoms with Gasteiger partial charge in [-0.25, -0.2) is 0 Å². The van der Waals surface area contributed by atoms with E-state index in [1.54, 1.807) is 0 Å². The van der Waals surface area contributed by atoms with E-state index >= 15 is 0 Å². The third-order valence-corrected chi connectivity index (χ3v) is 0. The molecule has 0 saturated carbocycles. The SMILES string of the molecule is CC(N)=O.[Ni]. The maximum Gasteiger partial charge on any atom is 0.214 e. The molecule has 0 aliphatic heterocycles. The van der Waals surface area contributed by atoms with Gasteiger partial charge in [0, 0.05) is 23.4 Å². The molecular weight excluding hydrogens is 113 g/mol. The van der Waals surface area contributed by atoms with E-state index in [0.29, 0.717) is 0 Å². The first-order chi connectivity index (χ1) is 1.73. The van der Waals surface area contributed by atoms with Gasteiger partial charge in [-0.1, -0.05) is 0 Å². The van der Waals surface area contributed by atoms with Crippen molar-refractivity contribution in [2.75, 3.05) is 0 Å². The fourth-order valence-corrected chi connectivity index (χ4v) is 0. The topological polar surface area (TPSA) is 43.1 Å². The molecule has 0 aliphatic rings. The number of nitrogens with two attached hydrogens (primary N) is 1. The monoisotopic (exact) mass is 117 g/mol. The third kappa shape index (κ3) is 11500. The molecule has 3 heteroatoms. The Bertz CT molecular complexity index is 32.6. The molecule has 0 aromatic carbocycles. The second-order valence-corrected chi connectivity index (χ2v) is 0.611. The van der Waals surface area contributed by atoms with Crippen LogP contribution < -0.4 is 5.73 Å². The van der Waals surface area contributed by atoms with Crippen LogP contribution in [0.1, 0.15) is 6.92 Å². The molecule has 0 unspecified atom stereocenters. The number of carbonyl (C=O) groups is 1. The summed E-state index contributed by atoms with van der Waals surface area (Å²) in [4.78, 5) is 9.22. The minimum atomic E-state index is -0.333. The van der Waals surface area contributed by atoms with Crippen molar-refractivity contribution in [3.8, 4) is 0 Å². The summed E-state index contributed by atoms with van der Waals surface area (Å²) >= 11 is 0. The summed E-state index contributed by atoms with van der Waals surface area (Å²) in [6.07, 6.45) is 0. The van der Waals surface area contributed by atoms with Gasteiger partial charge in [-0.2, -0.15) is 0 Å². The molecule has 0 aromatic rings. The zero-order valence-electron chi connectivity index (χ0n) is 2.80. The predicted octanol–water partition coefficient (Wildman–Crippen LogP) is -0.511. The molecule has 0 spiro atoms. The Kier molecular flexibility index (Phi) is 7.04. The van der Waals surface area contributed by atoms with Crippen molar-refractivity contribution >= 4 is 5.91 Å². The molecule has 34 valence electrons. The maximum absolute atomic E-state index is 9.22. The maximum atomic E-state index is 9.22. The Balaban J connectivity index is 0. The van der Waals surface area contributed by atoms with Crippen molar-refractivity contribution in [1.82, 2.24) is 0 Å². The first kappa shape index (κ1) is 8.88. The van der Waals surface area contributed by atoms with Crippen LogP contribution >= 0.6 is 0 Å². The second kappa shape index (κ2) is 3.96. The summed E-state index contributed by atoms with van der Waals surface area (Å²) in [5.41, 5.74) is 4.47. The van der Waals surface area contributed by atoms with E-state index in [0.717, 1.165) is 0 Å². The average molecular weight is 118 g/mol. The summed E-state index contributed by atoms with van der Waals surface area (Å²) in [5.74, 6) is -0.333. The van der Waals surface area contributed by atoms with Crippen molar-refractivity contribution in [3.05, 3.63) is 0 Å². The van der Waals surface area contributed by atoms with Gasteiger partial charge in [0.15, 0.2) is 0 Å². The van der Waals surface area contributed by atoms with Crippen LogP contribution in [-0.2, 0) is 21.3 Å². The Morgan fingerprint density at radius 2 is 1.80 bits per heavy atom. The Morgan fingerprint density at radius 1 is 1.80 bits per heavy atom. The van der Waals surface area contributed by atoms with Crippen LogP contribution in [0.25, 0.3) is 0 Å². The summed E-state index contributed by atoms with van der Waals surface area (Å²) < 4.78 is 0. The van der Waals surface area contributed by atoms with Gasteiger partial charge in [0.1, 0.15) is 0 Å². The standard InChI is InChI=1S/C2H5NO.Ni/c1-2(3)4;/h1H3,(H2,3,4);. The number of primary amides is 1.